The molecule has 0 fully saturated rings. The summed E-state index contributed by atoms with van der Waals surface area (Å²) in [5.74, 6) is -0.133. The molecule has 3 aromatic heterocycles. The Kier molecular flexibility index (Phi) is 8.15. The Balaban J connectivity index is 0.000000202. The molecule has 0 aliphatic heterocycles. The quantitative estimate of drug-likeness (QED) is 0.358. The maximum Gasteiger partial charge on any atom is 0.197 e. The normalized spacial score (nSPS) is 10.2. The zero-order valence-electron chi connectivity index (χ0n) is 18.6. The molecule has 0 saturated heterocycles. The fourth-order valence-corrected chi connectivity index (χ4v) is 3.41. The molecule has 0 amide bonds. The van der Waals surface area contributed by atoms with Gasteiger partial charge in [0.1, 0.15) is 34.0 Å². The molecule has 0 atom stereocenters. The van der Waals surface area contributed by atoms with E-state index in [4.69, 9.17) is 4.42 Å². The molecular weight excluding hydrogens is 448 g/mol. The summed E-state index contributed by atoms with van der Waals surface area (Å²) in [6, 6.07) is 18.0. The van der Waals surface area contributed by atoms with E-state index in [0.29, 0.717) is 5.56 Å². The summed E-state index contributed by atoms with van der Waals surface area (Å²) < 4.78 is 5.53. The van der Waals surface area contributed by atoms with Crippen molar-refractivity contribution in [2.24, 2.45) is 0 Å². The highest BCUT2D eigenvalue weighted by Gasteiger charge is 2.12. The second-order valence-electron chi connectivity index (χ2n) is 7.57. The van der Waals surface area contributed by atoms with E-state index in [1.807, 2.05) is 24.8 Å². The number of phenols is 3. The third-order valence-corrected chi connectivity index (χ3v) is 5.15. The standard InChI is InChI=1S/C15H10O5.C12H12N2.H2O/c16-9-3-1-8(2-4-9)13-7-12(19)15-11(18)5-10(17)6-14(15)20-13;1(11-3-7-13-8-4-11)2-12-5-9-14-10-6-12;/h1-7,16-18H;3-10H,1-2H2;1H2. The van der Waals surface area contributed by atoms with Gasteiger partial charge in [-0.25, -0.2) is 0 Å². The van der Waals surface area contributed by atoms with E-state index < -0.39 is 5.43 Å². The van der Waals surface area contributed by atoms with E-state index in [1.165, 1.54) is 35.4 Å². The average Bonchev–Trinajstić information content (AvgIpc) is 2.84. The molecule has 5 N–H and O–H groups in total. The zero-order chi connectivity index (χ0) is 23.9. The number of benzene rings is 2. The average molecular weight is 472 g/mol. The Morgan fingerprint density at radius 3 is 1.77 bits per heavy atom. The zero-order valence-corrected chi connectivity index (χ0v) is 18.6. The van der Waals surface area contributed by atoms with Crippen LogP contribution in [0.2, 0.25) is 0 Å². The molecule has 8 nitrogen and oxygen atoms in total. The van der Waals surface area contributed by atoms with Crippen molar-refractivity contribution in [1.82, 2.24) is 9.97 Å². The number of fused-ring (bicyclic) bond motifs is 1. The number of aromatic hydroxyl groups is 3. The van der Waals surface area contributed by atoms with Gasteiger partial charge < -0.3 is 25.2 Å². The van der Waals surface area contributed by atoms with Gasteiger partial charge in [0.2, 0.25) is 0 Å². The van der Waals surface area contributed by atoms with Crippen LogP contribution in [-0.4, -0.2) is 30.8 Å². The monoisotopic (exact) mass is 472 g/mol. The van der Waals surface area contributed by atoms with Crippen molar-refractivity contribution in [3.05, 3.63) is 113 Å². The number of pyridine rings is 2. The van der Waals surface area contributed by atoms with E-state index in [-0.39, 0.29) is 39.5 Å². The van der Waals surface area contributed by atoms with Crippen LogP contribution < -0.4 is 5.43 Å². The van der Waals surface area contributed by atoms with E-state index in [0.717, 1.165) is 18.9 Å². The first-order chi connectivity index (χ1) is 16.5. The lowest BCUT2D eigenvalue weighted by molar-refractivity contribution is 0.452. The van der Waals surface area contributed by atoms with Gasteiger partial charge in [-0.05, 0) is 72.5 Å². The van der Waals surface area contributed by atoms with Crippen molar-refractivity contribution in [3.8, 4) is 28.6 Å². The number of hydrogen-bond acceptors (Lipinski definition) is 7. The molecule has 178 valence electrons. The van der Waals surface area contributed by atoms with Crippen molar-refractivity contribution in [2.75, 3.05) is 0 Å². The van der Waals surface area contributed by atoms with Crippen LogP contribution in [0.3, 0.4) is 0 Å². The summed E-state index contributed by atoms with van der Waals surface area (Å²) >= 11 is 0. The molecule has 0 unspecified atom stereocenters. The molecular formula is C27H24N2O6. The van der Waals surface area contributed by atoms with Gasteiger partial charge in [0.05, 0.1) is 0 Å². The molecule has 5 rings (SSSR count). The fourth-order valence-electron chi connectivity index (χ4n) is 3.41. The van der Waals surface area contributed by atoms with Gasteiger partial charge in [-0.15, -0.1) is 0 Å². The number of rotatable bonds is 4. The van der Waals surface area contributed by atoms with Crippen LogP contribution in [0.5, 0.6) is 17.2 Å². The topological polar surface area (TPSA) is 148 Å². The second kappa shape index (κ2) is 11.4. The Morgan fingerprint density at radius 2 is 1.23 bits per heavy atom. The molecule has 5 aromatic rings. The minimum Gasteiger partial charge on any atom is -0.508 e. The Morgan fingerprint density at radius 1 is 0.686 bits per heavy atom. The van der Waals surface area contributed by atoms with Crippen LogP contribution in [0.25, 0.3) is 22.3 Å². The van der Waals surface area contributed by atoms with Gasteiger partial charge >= 0.3 is 0 Å². The Hall–Kier alpha value is -4.69. The first-order valence-electron chi connectivity index (χ1n) is 10.6. The van der Waals surface area contributed by atoms with Crippen LogP contribution in [0.4, 0.5) is 0 Å². The van der Waals surface area contributed by atoms with Crippen molar-refractivity contribution in [3.63, 3.8) is 0 Å². The summed E-state index contributed by atoms with van der Waals surface area (Å²) in [6.45, 7) is 0. The number of aryl methyl sites for hydroxylation is 2. The van der Waals surface area contributed by atoms with Crippen LogP contribution >= 0.6 is 0 Å². The third-order valence-electron chi connectivity index (χ3n) is 5.15. The highest BCUT2D eigenvalue weighted by atomic mass is 16.3. The van der Waals surface area contributed by atoms with Crippen molar-refractivity contribution >= 4 is 11.0 Å². The molecule has 0 aliphatic rings. The number of phenolic OH excluding ortho intramolecular Hbond substituents is 3. The summed E-state index contributed by atoms with van der Waals surface area (Å²) in [5.41, 5.74) is 2.95. The highest BCUT2D eigenvalue weighted by molar-refractivity contribution is 5.86. The van der Waals surface area contributed by atoms with Crippen LogP contribution in [-0.2, 0) is 12.8 Å². The van der Waals surface area contributed by atoms with E-state index >= 15 is 0 Å². The SMILES string of the molecule is O.O=c1cc(-c2ccc(O)cc2)oc2cc(O)cc(O)c12.c1cc(CCc2ccncc2)ccn1. The molecule has 2 aromatic carbocycles. The van der Waals surface area contributed by atoms with Crippen LogP contribution in [0.1, 0.15) is 11.1 Å². The molecule has 0 radical (unpaired) electrons. The summed E-state index contributed by atoms with van der Waals surface area (Å²) in [5, 5.41) is 28.4. The van der Waals surface area contributed by atoms with E-state index in [9.17, 15) is 20.1 Å². The van der Waals surface area contributed by atoms with Gasteiger partial charge in [-0.3, -0.25) is 14.8 Å². The van der Waals surface area contributed by atoms with Crippen molar-refractivity contribution < 1.29 is 25.2 Å². The predicted molar refractivity (Wildman–Crippen MR) is 132 cm³/mol. The number of aromatic nitrogens is 2. The lowest BCUT2D eigenvalue weighted by atomic mass is 10.1. The van der Waals surface area contributed by atoms with Crippen LogP contribution in [0, 0.1) is 0 Å². The van der Waals surface area contributed by atoms with Crippen molar-refractivity contribution in [1.29, 1.82) is 0 Å². The summed E-state index contributed by atoms with van der Waals surface area (Å²) in [6.07, 6.45) is 9.46. The molecule has 0 spiro atoms. The van der Waals surface area contributed by atoms with E-state index in [1.54, 1.807) is 12.1 Å². The molecule has 0 bridgehead atoms. The second-order valence-corrected chi connectivity index (χ2v) is 7.57. The fraction of sp³-hybridized carbons (Fsp3) is 0.0741. The smallest absolute Gasteiger partial charge is 0.197 e. The lowest BCUT2D eigenvalue weighted by Gasteiger charge is -2.05. The maximum absolute atomic E-state index is 12.0. The summed E-state index contributed by atoms with van der Waals surface area (Å²) in [4.78, 5) is 20.0. The molecule has 0 aliphatic carbocycles. The maximum atomic E-state index is 12.0. The molecule has 35 heavy (non-hydrogen) atoms. The number of nitrogens with zero attached hydrogens (tertiary/aromatic N) is 2. The van der Waals surface area contributed by atoms with Crippen LogP contribution in [0.15, 0.2) is 101 Å². The lowest BCUT2D eigenvalue weighted by Crippen LogP contribution is -2.00. The predicted octanol–water partition coefficient (Wildman–Crippen LogP) is 4.01. The first kappa shape index (κ1) is 24.9. The Bertz CT molecular complexity index is 1400. The molecule has 0 saturated carbocycles. The minimum atomic E-state index is -0.410. The summed E-state index contributed by atoms with van der Waals surface area (Å²) in [7, 11) is 0. The minimum absolute atomic E-state index is 0. The van der Waals surface area contributed by atoms with Gasteiger partial charge in [-0.2, -0.15) is 0 Å². The molecule has 3 heterocycles. The first-order valence-corrected chi connectivity index (χ1v) is 10.6. The largest absolute Gasteiger partial charge is 0.508 e. The molecule has 8 heteroatoms. The van der Waals surface area contributed by atoms with Gasteiger partial charge in [0, 0.05) is 48.5 Å². The highest BCUT2D eigenvalue weighted by Crippen LogP contribution is 2.30. The Labute approximate surface area is 200 Å². The number of hydrogen-bond donors (Lipinski definition) is 3. The van der Waals surface area contributed by atoms with Gasteiger partial charge in [0.25, 0.3) is 0 Å². The van der Waals surface area contributed by atoms with Gasteiger partial charge in [0.15, 0.2) is 5.43 Å². The van der Waals surface area contributed by atoms with E-state index in [2.05, 4.69) is 34.2 Å². The van der Waals surface area contributed by atoms with Gasteiger partial charge in [-0.1, -0.05) is 0 Å². The third kappa shape index (κ3) is 6.43. The van der Waals surface area contributed by atoms with Crippen molar-refractivity contribution in [2.45, 2.75) is 12.8 Å².